The van der Waals surface area contributed by atoms with Crippen molar-refractivity contribution in [2.24, 2.45) is 22.9 Å². The number of alkyl carbamates (subject to hydrolysis) is 4. The maximum Gasteiger partial charge on any atom is 0.407 e. The van der Waals surface area contributed by atoms with Gasteiger partial charge in [-0.1, -0.05) is 138 Å². The van der Waals surface area contributed by atoms with E-state index in [2.05, 4.69) is 192 Å². The van der Waals surface area contributed by atoms with Gasteiger partial charge in [-0.3, -0.25) is 9.59 Å². The Morgan fingerprint density at radius 3 is 0.531 bits per heavy atom. The van der Waals surface area contributed by atoms with E-state index in [1.165, 1.54) is 182 Å². The number of unbranched alkanes of at least 4 members (excludes halogenated alkanes) is 3. The number of nitrogens with zero attached hydrogens (tertiary/aromatic N) is 10. The third-order valence-electron chi connectivity index (χ3n) is 27.2. The Hall–Kier alpha value is -6.72. The Balaban J connectivity index is -0.000000178. The van der Waals surface area contributed by atoms with E-state index in [1.807, 2.05) is 68.3 Å². The van der Waals surface area contributed by atoms with E-state index >= 15 is 0 Å². The summed E-state index contributed by atoms with van der Waals surface area (Å²) in [6.07, 6.45) is 21.0. The van der Waals surface area contributed by atoms with Crippen LogP contribution in [0.15, 0.2) is 24.3 Å². The molecule has 878 valence electrons. The smallest absolute Gasteiger partial charge is 0.407 e. The zero-order chi connectivity index (χ0) is 115. The molecule has 36 nitrogen and oxygen atoms in total. The fraction of sp³-hybridized carbons (Fsp3) is 0.872. The minimum absolute atomic E-state index is 0.190. The van der Waals surface area contributed by atoms with Gasteiger partial charge in [0.1, 0.15) is 105 Å². The Labute approximate surface area is 910 Å². The van der Waals surface area contributed by atoms with Crippen molar-refractivity contribution < 1.29 is 131 Å². The maximum atomic E-state index is 11.5. The first-order chi connectivity index (χ1) is 69.3. The Bertz CT molecular complexity index is 3160. The molecule has 3 unspecified atom stereocenters. The van der Waals surface area contributed by atoms with E-state index in [-0.39, 0.29) is 34.6 Å². The second-order valence-corrected chi connectivity index (χ2v) is 41.8. The number of nitrogens with one attached hydrogen (secondary N) is 4. The molecule has 0 saturated heterocycles. The van der Waals surface area contributed by atoms with E-state index < -0.39 is 24.4 Å². The first-order valence-electron chi connectivity index (χ1n) is 56.4. The average Bonchev–Trinajstić information content (AvgIpc) is 0.891. The van der Waals surface area contributed by atoms with Crippen molar-refractivity contribution in [2.45, 2.75) is 276 Å². The third kappa shape index (κ3) is 97.3. The number of amides is 8. The van der Waals surface area contributed by atoms with Gasteiger partial charge in [-0.25, -0.2) is 38.4 Å². The number of allylic oxidation sites excluding steroid dienone is 2. The molecular formula is C109H242N18O18S2+10. The number of hydrogen-bond donors (Lipinski definition) is 8. The number of nitrogens with two attached hydrogens (primary N) is 4. The molecule has 0 radical (unpaired) electrons. The van der Waals surface area contributed by atoms with E-state index in [0.717, 1.165) is 217 Å². The Morgan fingerprint density at radius 1 is 0.218 bits per heavy atom. The highest BCUT2D eigenvalue weighted by molar-refractivity contribution is 8.14. The van der Waals surface area contributed by atoms with Gasteiger partial charge in [0.15, 0.2) is 0 Å². The lowest BCUT2D eigenvalue weighted by molar-refractivity contribution is -0.926. The van der Waals surface area contributed by atoms with Crippen LogP contribution in [0, 0.1) is 0 Å². The highest BCUT2D eigenvalue weighted by Gasteiger charge is 2.31. The van der Waals surface area contributed by atoms with E-state index in [1.54, 1.807) is 40.3 Å². The van der Waals surface area contributed by atoms with Gasteiger partial charge < -0.3 is 127 Å². The van der Waals surface area contributed by atoms with Crippen LogP contribution in [0.1, 0.15) is 276 Å². The van der Waals surface area contributed by atoms with Crippen molar-refractivity contribution in [1.29, 1.82) is 0 Å². The highest BCUT2D eigenvalue weighted by atomic mass is 32.2. The van der Waals surface area contributed by atoms with Crippen LogP contribution >= 0.6 is 23.5 Å². The number of ether oxygens (including phenoxy) is 8. The second kappa shape index (κ2) is 104. The third-order valence-corrected chi connectivity index (χ3v) is 28.8. The van der Waals surface area contributed by atoms with Gasteiger partial charge in [0.2, 0.25) is 10.2 Å². The van der Waals surface area contributed by atoms with Crippen molar-refractivity contribution in [3.63, 3.8) is 0 Å². The molecule has 0 saturated carbocycles. The molecule has 0 aromatic heterocycles. The molecule has 147 heavy (non-hydrogen) atoms. The minimum Gasteiger partial charge on any atom is -0.444 e. The second-order valence-electron chi connectivity index (χ2n) is 39.6. The SMILES string of the molecule is C/C=C/C(=O)SCC[N+](CC)(CCC)CCC.C/C=C/C(=O)SCC[N+](CC)(CCC)CCCC.CCCC[N+](CC)(CCC)CCOC(=O)NC.CCCC[N+](CC)(CCC)CCOC(N)=O.CCC[N+](CC)(CCC)CCOC(=O)NC.CCC[N+](CC)(CCC)CCOC(N)=O.CC[N+](CC)(CC)CCOC(=O)NC.CC[N+](CC)(CC)CCOC(N)=O.CNC(=O)OCC[N+](C)(C)C.C[N+](C)(C)CCOC(N)=O. The monoisotopic (exact) mass is 2160 g/mol. The number of quaternary nitrogens is 10. The summed E-state index contributed by atoms with van der Waals surface area (Å²) in [5.74, 6) is 1.89. The van der Waals surface area contributed by atoms with E-state index in [4.69, 9.17) is 56.1 Å². The lowest BCUT2D eigenvalue weighted by atomic mass is 10.2. The largest absolute Gasteiger partial charge is 0.444 e. The number of primary amides is 4. The number of likely N-dealkylation sites (N-methyl/N-ethyl adjacent to an activating group) is 8. The Kier molecular flexibility index (Phi) is 113. The summed E-state index contributed by atoms with van der Waals surface area (Å²) in [6.45, 7) is 97.2. The first-order valence-corrected chi connectivity index (χ1v) is 58.4. The van der Waals surface area contributed by atoms with Crippen LogP contribution < -0.4 is 44.2 Å². The predicted molar refractivity (Wildman–Crippen MR) is 617 cm³/mol. The summed E-state index contributed by atoms with van der Waals surface area (Å²) >= 11 is 2.91. The fourth-order valence-electron chi connectivity index (χ4n) is 17.1. The molecule has 3 atom stereocenters. The summed E-state index contributed by atoms with van der Waals surface area (Å²) in [5.41, 5.74) is 19.5. The molecule has 0 heterocycles. The normalized spacial score (nSPS) is 12.5. The van der Waals surface area contributed by atoms with Crippen LogP contribution in [0.3, 0.4) is 0 Å². The maximum absolute atomic E-state index is 11.5. The van der Waals surface area contributed by atoms with Gasteiger partial charge in [0, 0.05) is 28.2 Å². The van der Waals surface area contributed by atoms with Crippen LogP contribution in [-0.4, -0.2) is 461 Å². The number of carbonyl (C=O) groups excluding carboxylic acids is 10. The van der Waals surface area contributed by atoms with Crippen LogP contribution in [0.2, 0.25) is 0 Å². The van der Waals surface area contributed by atoms with Crippen LogP contribution in [-0.2, 0) is 47.5 Å². The zero-order valence-corrected chi connectivity index (χ0v) is 104. The molecule has 12 N–H and O–H groups in total. The molecule has 0 aliphatic carbocycles. The van der Waals surface area contributed by atoms with Crippen molar-refractivity contribution in [3.05, 3.63) is 24.3 Å². The average molecular weight is 2160 g/mol. The zero-order valence-electron chi connectivity index (χ0n) is 102. The molecular weight excluding hydrogens is 1910 g/mol. The van der Waals surface area contributed by atoms with Gasteiger partial charge in [0.25, 0.3) is 0 Å². The van der Waals surface area contributed by atoms with Crippen molar-refractivity contribution in [1.82, 2.24) is 21.3 Å². The van der Waals surface area contributed by atoms with Gasteiger partial charge in [-0.2, -0.15) is 0 Å². The predicted octanol–water partition coefficient (Wildman–Crippen LogP) is 17.6. The van der Waals surface area contributed by atoms with Crippen molar-refractivity contribution in [2.75, 3.05) is 357 Å². The molecule has 0 aromatic rings. The molecule has 0 fully saturated rings. The van der Waals surface area contributed by atoms with Gasteiger partial charge >= 0.3 is 48.7 Å². The first kappa shape index (κ1) is 160. The molecule has 0 spiro atoms. The number of carbonyl (C=O) groups is 10. The summed E-state index contributed by atoms with van der Waals surface area (Å²) in [5, 5.41) is 10.1. The number of hydrogen-bond acceptors (Lipinski definition) is 20. The van der Waals surface area contributed by atoms with Crippen molar-refractivity contribution in [3.8, 4) is 0 Å². The number of rotatable bonds is 71. The summed E-state index contributed by atoms with van der Waals surface area (Å²) in [7, 11) is 18.5. The summed E-state index contributed by atoms with van der Waals surface area (Å²) in [4.78, 5) is 108. The molecule has 0 aliphatic rings. The molecule has 38 heteroatoms. The number of thioether (sulfide) groups is 2. The van der Waals surface area contributed by atoms with E-state index in [9.17, 15) is 47.9 Å². The summed E-state index contributed by atoms with van der Waals surface area (Å²) in [6, 6.07) is 0. The van der Waals surface area contributed by atoms with Gasteiger partial charge in [-0.05, 0) is 186 Å². The minimum atomic E-state index is -0.701. The van der Waals surface area contributed by atoms with Gasteiger partial charge in [-0.15, -0.1) is 0 Å². The molecule has 8 amide bonds. The quantitative estimate of drug-likeness (QED) is 0.0159. The molecule has 0 rings (SSSR count). The topological polar surface area (TPSA) is 397 Å². The fourth-order valence-corrected chi connectivity index (χ4v) is 18.9. The van der Waals surface area contributed by atoms with Crippen molar-refractivity contribution >= 4 is 82.5 Å². The molecule has 0 bridgehead atoms. The van der Waals surface area contributed by atoms with E-state index in [0.29, 0.717) is 52.9 Å². The highest BCUT2D eigenvalue weighted by Crippen LogP contribution is 2.19. The van der Waals surface area contributed by atoms with Crippen LogP contribution in [0.5, 0.6) is 0 Å². The molecule has 0 aliphatic heterocycles. The molecule has 0 aromatic carbocycles. The lowest BCUT2D eigenvalue weighted by Crippen LogP contribution is -2.51. The summed E-state index contributed by atoms with van der Waals surface area (Å²) < 4.78 is 49.0. The standard InChI is InChI=1S/C15H30NOS.C14H28NOS.C13H28N2O2.2C12H26N2O2.C11H24N2O2.C10H22N2O2.C9H20N2O2.C7H16N2O2.C6H14N2O2/c1-5-9-12-16(8-4,11-7-3)13-14-18-15(17)10-6-2;1-5-9-14(16)17-13-12-15(8-4,10-6-2)11-7-3;1-5-8-10-15(7-3,9-6-2)11-12-17-13(16)14-4;1-5-8-14(7-3,9-6-2)10-11-16-12(15)13-4;1-4-7-9-14(6-3,8-5-2)10-11-16-12(13)15;1-4-7-13(6-3,8-5-2)9-10-15-11(12)14;1-5-12(6-2,7-3)8-9-14-10(13)11-4;1-4-11(5-2,6-3)7-8-13-9(10)12;1-8-7(10)11-6-5-9(2,3)4;1-8(2,3)4-5-10-6(7)9/h6,10H,5,7-9,11-14H2,1-4H3;5,9H,6-8,10-13H2,1-4H3;5-12H2,1-4H3;5-11H2,1-4H3;4-11H2,1-3H3,(H-,13,15);4-10H2,1-3H3,(H-,12,14);5-9H2,1-4H3;4-8H2,1-3H3,(H-,10,12);5-6H2,1-4H3;4-5H2,1-3H3,(H-,7,9)/q2*+1;;;;;;;;/p+8/b10-6+;9-5+;;;;;;;;. The Morgan fingerprint density at radius 2 is 0.374 bits per heavy atom. The van der Waals surface area contributed by atoms with Gasteiger partial charge in [0.05, 0.1) is 224 Å². The van der Waals surface area contributed by atoms with Crippen LogP contribution in [0.4, 0.5) is 38.4 Å². The van der Waals surface area contributed by atoms with Crippen LogP contribution in [0.25, 0.3) is 0 Å². The lowest BCUT2D eigenvalue weighted by Gasteiger charge is -2.37.